The summed E-state index contributed by atoms with van der Waals surface area (Å²) >= 11 is 0. The van der Waals surface area contributed by atoms with Crippen LogP contribution in [0.15, 0.2) is 30.3 Å². The maximum Gasteiger partial charge on any atom is 0.407 e. The number of likely N-dealkylation sites (tertiary alicyclic amines) is 1. The van der Waals surface area contributed by atoms with Gasteiger partial charge in [0, 0.05) is 32.1 Å². The number of nitrogens with one attached hydrogen (secondary N) is 1. The Bertz CT molecular complexity index is 487. The number of benzene rings is 1. The summed E-state index contributed by atoms with van der Waals surface area (Å²) in [7, 11) is 0. The Morgan fingerprint density at radius 2 is 2.00 bits per heavy atom. The molecule has 0 saturated carbocycles. The molecular formula is C17H25FN2O2. The van der Waals surface area contributed by atoms with Crippen LogP contribution in [0.25, 0.3) is 0 Å². The summed E-state index contributed by atoms with van der Waals surface area (Å²) in [5.41, 5.74) is 0.643. The van der Waals surface area contributed by atoms with E-state index in [0.717, 1.165) is 6.54 Å². The Morgan fingerprint density at radius 1 is 1.32 bits per heavy atom. The van der Waals surface area contributed by atoms with E-state index >= 15 is 0 Å². The van der Waals surface area contributed by atoms with Gasteiger partial charge in [0.25, 0.3) is 0 Å². The van der Waals surface area contributed by atoms with E-state index in [1.54, 1.807) is 0 Å². The number of carbonyl (C=O) groups excluding carboxylic acids is 1. The summed E-state index contributed by atoms with van der Waals surface area (Å²) < 4.78 is 19.3. The average Bonchev–Trinajstić information content (AvgIpc) is 2.76. The van der Waals surface area contributed by atoms with Crippen LogP contribution in [-0.4, -0.2) is 42.4 Å². The van der Waals surface area contributed by atoms with E-state index in [4.69, 9.17) is 4.74 Å². The Morgan fingerprint density at radius 3 is 2.64 bits per heavy atom. The van der Waals surface area contributed by atoms with Gasteiger partial charge in [-0.15, -0.1) is 0 Å². The van der Waals surface area contributed by atoms with Gasteiger partial charge in [-0.25, -0.2) is 9.18 Å². The van der Waals surface area contributed by atoms with Crippen molar-refractivity contribution in [1.29, 1.82) is 0 Å². The van der Waals surface area contributed by atoms with Crippen LogP contribution in [0.3, 0.4) is 0 Å². The molecule has 1 fully saturated rings. The number of carbonyl (C=O) groups is 1. The summed E-state index contributed by atoms with van der Waals surface area (Å²) in [5, 5.41) is 2.67. The molecule has 1 N–H and O–H groups in total. The molecule has 0 aliphatic carbocycles. The Balaban J connectivity index is 1.78. The summed E-state index contributed by atoms with van der Waals surface area (Å²) in [5.74, 6) is -0.184. The van der Waals surface area contributed by atoms with Crippen LogP contribution in [0.2, 0.25) is 0 Å². The molecule has 0 spiro atoms. The normalized spacial score (nSPS) is 22.5. The maximum absolute atomic E-state index is 14.1. The molecule has 1 saturated heterocycles. The fourth-order valence-corrected chi connectivity index (χ4v) is 2.61. The number of hydrogen-bond acceptors (Lipinski definition) is 3. The van der Waals surface area contributed by atoms with Crippen LogP contribution in [0.1, 0.15) is 26.3 Å². The van der Waals surface area contributed by atoms with Crippen LogP contribution in [0, 0.1) is 5.92 Å². The summed E-state index contributed by atoms with van der Waals surface area (Å²) in [6.07, 6.45) is -1.40. The van der Waals surface area contributed by atoms with Crippen LogP contribution in [-0.2, 0) is 11.3 Å². The van der Waals surface area contributed by atoms with Gasteiger partial charge in [0.1, 0.15) is 11.8 Å². The first kappa shape index (κ1) is 16.7. The number of nitrogens with zero attached hydrogens (tertiary/aromatic N) is 1. The predicted molar refractivity (Wildman–Crippen MR) is 84.3 cm³/mol. The molecule has 0 aromatic heterocycles. The largest absolute Gasteiger partial charge is 0.444 e. The molecule has 1 heterocycles. The number of hydrogen-bond donors (Lipinski definition) is 1. The van der Waals surface area contributed by atoms with Gasteiger partial charge in [-0.3, -0.25) is 4.90 Å². The van der Waals surface area contributed by atoms with E-state index in [0.29, 0.717) is 19.6 Å². The van der Waals surface area contributed by atoms with Crippen LogP contribution >= 0.6 is 0 Å². The summed E-state index contributed by atoms with van der Waals surface area (Å²) in [6, 6.07) is 10.0. The first-order chi connectivity index (χ1) is 10.3. The van der Waals surface area contributed by atoms with Crippen LogP contribution in [0.4, 0.5) is 9.18 Å². The Hall–Kier alpha value is -1.62. The molecule has 122 valence electrons. The van der Waals surface area contributed by atoms with Gasteiger partial charge in [0.05, 0.1) is 0 Å². The van der Waals surface area contributed by atoms with Crippen molar-refractivity contribution in [2.45, 2.75) is 39.1 Å². The van der Waals surface area contributed by atoms with Crippen molar-refractivity contribution in [2.75, 3.05) is 19.6 Å². The molecule has 4 nitrogen and oxygen atoms in total. The molecule has 2 unspecified atom stereocenters. The van der Waals surface area contributed by atoms with Gasteiger partial charge in [-0.2, -0.15) is 0 Å². The van der Waals surface area contributed by atoms with E-state index in [-0.39, 0.29) is 5.92 Å². The molecule has 5 heteroatoms. The minimum Gasteiger partial charge on any atom is -0.444 e. The van der Waals surface area contributed by atoms with E-state index in [1.807, 2.05) is 51.1 Å². The Kier molecular flexibility index (Phi) is 5.40. The number of amides is 1. The second-order valence-electron chi connectivity index (χ2n) is 6.84. The highest BCUT2D eigenvalue weighted by Gasteiger charge is 2.33. The molecule has 22 heavy (non-hydrogen) atoms. The minimum atomic E-state index is -0.918. The highest BCUT2D eigenvalue weighted by atomic mass is 19.1. The van der Waals surface area contributed by atoms with Crippen molar-refractivity contribution >= 4 is 6.09 Å². The number of alkyl carbamates (subject to hydrolysis) is 1. The topological polar surface area (TPSA) is 41.6 Å². The molecule has 0 bridgehead atoms. The fourth-order valence-electron chi connectivity index (χ4n) is 2.61. The molecule has 1 aromatic rings. The van der Waals surface area contributed by atoms with Gasteiger partial charge >= 0.3 is 6.09 Å². The molecule has 0 radical (unpaired) electrons. The van der Waals surface area contributed by atoms with Crippen molar-refractivity contribution in [1.82, 2.24) is 10.2 Å². The summed E-state index contributed by atoms with van der Waals surface area (Å²) in [6.45, 7) is 7.53. The third kappa shape index (κ3) is 5.30. The molecule has 2 rings (SSSR count). The zero-order valence-corrected chi connectivity index (χ0v) is 13.5. The zero-order valence-electron chi connectivity index (χ0n) is 13.5. The lowest BCUT2D eigenvalue weighted by Crippen LogP contribution is -2.37. The van der Waals surface area contributed by atoms with Crippen LogP contribution in [0.5, 0.6) is 0 Å². The SMILES string of the molecule is CC(C)(C)OC(=O)NCC1CN(Cc2ccccc2)CC1F. The number of alkyl halides is 1. The second kappa shape index (κ2) is 7.09. The van der Waals surface area contributed by atoms with Crippen molar-refractivity contribution in [3.8, 4) is 0 Å². The van der Waals surface area contributed by atoms with E-state index in [9.17, 15) is 9.18 Å². The van der Waals surface area contributed by atoms with Crippen LogP contribution < -0.4 is 5.32 Å². The zero-order chi connectivity index (χ0) is 16.2. The van der Waals surface area contributed by atoms with E-state index in [2.05, 4.69) is 10.2 Å². The molecule has 1 aliphatic rings. The van der Waals surface area contributed by atoms with Crippen molar-refractivity contribution in [3.05, 3.63) is 35.9 Å². The van der Waals surface area contributed by atoms with E-state index < -0.39 is 17.9 Å². The van der Waals surface area contributed by atoms with Gasteiger partial charge in [-0.05, 0) is 26.3 Å². The fraction of sp³-hybridized carbons (Fsp3) is 0.588. The first-order valence-electron chi connectivity index (χ1n) is 7.71. The highest BCUT2D eigenvalue weighted by Crippen LogP contribution is 2.21. The number of ether oxygens (including phenoxy) is 1. The third-order valence-electron chi connectivity index (χ3n) is 3.59. The average molecular weight is 308 g/mol. The number of halogens is 1. The third-order valence-corrected chi connectivity index (χ3v) is 3.59. The summed E-state index contributed by atoms with van der Waals surface area (Å²) in [4.78, 5) is 13.7. The van der Waals surface area contributed by atoms with Gasteiger partial charge in [0.15, 0.2) is 0 Å². The molecule has 1 aliphatic heterocycles. The highest BCUT2D eigenvalue weighted by molar-refractivity contribution is 5.67. The first-order valence-corrected chi connectivity index (χ1v) is 7.71. The quantitative estimate of drug-likeness (QED) is 0.930. The number of rotatable bonds is 4. The Labute approximate surface area is 131 Å². The van der Waals surface area contributed by atoms with E-state index in [1.165, 1.54) is 5.56 Å². The molecule has 2 atom stereocenters. The van der Waals surface area contributed by atoms with Gasteiger partial charge in [-0.1, -0.05) is 30.3 Å². The minimum absolute atomic E-state index is 0.184. The standard InChI is InChI=1S/C17H25FN2O2/c1-17(2,3)22-16(21)19-9-14-11-20(12-15(14)18)10-13-7-5-4-6-8-13/h4-8,14-15H,9-12H2,1-3H3,(H,19,21). The molecule has 1 amide bonds. The molecule has 1 aromatic carbocycles. The second-order valence-corrected chi connectivity index (χ2v) is 6.84. The lowest BCUT2D eigenvalue weighted by Gasteiger charge is -2.21. The predicted octanol–water partition coefficient (Wildman–Crippen LogP) is 2.98. The van der Waals surface area contributed by atoms with Gasteiger partial charge in [0.2, 0.25) is 0 Å². The smallest absolute Gasteiger partial charge is 0.407 e. The molecular weight excluding hydrogens is 283 g/mol. The van der Waals surface area contributed by atoms with Crippen molar-refractivity contribution < 1.29 is 13.9 Å². The van der Waals surface area contributed by atoms with Gasteiger partial charge < -0.3 is 10.1 Å². The monoisotopic (exact) mass is 308 g/mol. The lowest BCUT2D eigenvalue weighted by atomic mass is 10.1. The van der Waals surface area contributed by atoms with Crippen molar-refractivity contribution in [2.24, 2.45) is 5.92 Å². The van der Waals surface area contributed by atoms with Crippen molar-refractivity contribution in [3.63, 3.8) is 0 Å². The lowest BCUT2D eigenvalue weighted by molar-refractivity contribution is 0.0515. The maximum atomic E-state index is 14.1.